The molecular weight excluding hydrogens is 338 g/mol. The normalized spacial score (nSPS) is 25.4. The van der Waals surface area contributed by atoms with Crippen molar-refractivity contribution in [2.75, 3.05) is 6.26 Å². The molecule has 20 heavy (non-hydrogen) atoms. The first-order chi connectivity index (χ1) is 9.36. The molecule has 1 aromatic rings. The van der Waals surface area contributed by atoms with E-state index >= 15 is 0 Å². The summed E-state index contributed by atoms with van der Waals surface area (Å²) in [6.45, 7) is 2.13. The van der Waals surface area contributed by atoms with E-state index in [-0.39, 0.29) is 11.3 Å². The number of nitrogens with one attached hydrogen (secondary N) is 1. The summed E-state index contributed by atoms with van der Waals surface area (Å²) in [7, 11) is -2.91. The Bertz CT molecular complexity index is 541. The third kappa shape index (κ3) is 4.30. The fourth-order valence-corrected chi connectivity index (χ4v) is 4.33. The van der Waals surface area contributed by atoms with E-state index in [2.05, 4.69) is 40.3 Å². The minimum atomic E-state index is -2.91. The van der Waals surface area contributed by atoms with E-state index in [4.69, 9.17) is 0 Å². The first-order valence-electron chi connectivity index (χ1n) is 7.06. The molecule has 0 heterocycles. The third-order valence-corrected chi connectivity index (χ3v) is 6.26. The Morgan fingerprint density at radius 2 is 1.90 bits per heavy atom. The van der Waals surface area contributed by atoms with E-state index < -0.39 is 9.84 Å². The number of benzene rings is 1. The van der Waals surface area contributed by atoms with Crippen molar-refractivity contribution >= 4 is 25.8 Å². The van der Waals surface area contributed by atoms with Gasteiger partial charge in [-0.1, -0.05) is 34.5 Å². The zero-order valence-electron chi connectivity index (χ0n) is 12.0. The molecule has 0 amide bonds. The smallest absolute Gasteiger partial charge is 0.150 e. The molecule has 0 aromatic heterocycles. The number of hydrogen-bond acceptors (Lipinski definition) is 3. The third-order valence-electron chi connectivity index (χ3n) is 4.09. The molecule has 0 aliphatic heterocycles. The fourth-order valence-electron chi connectivity index (χ4n) is 2.89. The molecule has 3 atom stereocenters. The van der Waals surface area contributed by atoms with Crippen LogP contribution < -0.4 is 5.32 Å². The zero-order valence-corrected chi connectivity index (χ0v) is 14.4. The molecule has 5 heteroatoms. The minimum Gasteiger partial charge on any atom is -0.307 e. The first kappa shape index (κ1) is 16.0. The van der Waals surface area contributed by atoms with Crippen LogP contribution in [0.4, 0.5) is 0 Å². The molecule has 112 valence electrons. The van der Waals surface area contributed by atoms with Gasteiger partial charge in [-0.25, -0.2) is 8.42 Å². The Morgan fingerprint density at radius 1 is 1.25 bits per heavy atom. The monoisotopic (exact) mass is 359 g/mol. The van der Waals surface area contributed by atoms with E-state index in [1.54, 1.807) is 0 Å². The summed E-state index contributed by atoms with van der Waals surface area (Å²) < 4.78 is 24.5. The van der Waals surface area contributed by atoms with Gasteiger partial charge < -0.3 is 5.32 Å². The predicted octanol–water partition coefficient (Wildman–Crippen LogP) is 3.46. The van der Waals surface area contributed by atoms with Crippen molar-refractivity contribution in [2.24, 2.45) is 0 Å². The lowest BCUT2D eigenvalue weighted by atomic mass is 9.93. The molecular formula is C15H22BrNO2S. The number of rotatable bonds is 4. The quantitative estimate of drug-likeness (QED) is 0.895. The van der Waals surface area contributed by atoms with Crippen molar-refractivity contribution in [1.82, 2.24) is 5.32 Å². The molecule has 2 rings (SSSR count). The summed E-state index contributed by atoms with van der Waals surface area (Å²) in [5.41, 5.74) is 1.23. The average Bonchev–Trinajstić information content (AvgIpc) is 2.38. The highest BCUT2D eigenvalue weighted by Gasteiger charge is 2.29. The zero-order chi connectivity index (χ0) is 14.8. The van der Waals surface area contributed by atoms with Gasteiger partial charge in [0.05, 0.1) is 5.25 Å². The second-order valence-electron chi connectivity index (χ2n) is 5.75. The van der Waals surface area contributed by atoms with Gasteiger partial charge >= 0.3 is 0 Å². The van der Waals surface area contributed by atoms with Crippen molar-refractivity contribution in [1.29, 1.82) is 0 Å². The van der Waals surface area contributed by atoms with Crippen molar-refractivity contribution in [2.45, 2.75) is 49.9 Å². The Hall–Kier alpha value is -0.390. The van der Waals surface area contributed by atoms with Gasteiger partial charge in [0.15, 0.2) is 0 Å². The van der Waals surface area contributed by atoms with Gasteiger partial charge in [0, 0.05) is 22.8 Å². The number of hydrogen-bond donors (Lipinski definition) is 1. The summed E-state index contributed by atoms with van der Waals surface area (Å²) >= 11 is 3.44. The lowest BCUT2D eigenvalue weighted by Gasteiger charge is -2.31. The van der Waals surface area contributed by atoms with E-state index in [1.165, 1.54) is 11.8 Å². The van der Waals surface area contributed by atoms with Gasteiger partial charge in [0.25, 0.3) is 0 Å². The maximum absolute atomic E-state index is 11.7. The molecule has 1 saturated carbocycles. The number of sulfone groups is 1. The highest BCUT2D eigenvalue weighted by Crippen LogP contribution is 2.26. The van der Waals surface area contributed by atoms with Crippen LogP contribution in [0.5, 0.6) is 0 Å². The highest BCUT2D eigenvalue weighted by atomic mass is 79.9. The maximum Gasteiger partial charge on any atom is 0.150 e. The molecule has 0 radical (unpaired) electrons. The Balaban J connectivity index is 1.97. The van der Waals surface area contributed by atoms with Gasteiger partial charge in [-0.2, -0.15) is 0 Å². The van der Waals surface area contributed by atoms with Gasteiger partial charge in [0.2, 0.25) is 0 Å². The van der Waals surface area contributed by atoms with Gasteiger partial charge in [0.1, 0.15) is 9.84 Å². The minimum absolute atomic E-state index is 0.175. The summed E-state index contributed by atoms with van der Waals surface area (Å²) in [6, 6.07) is 8.80. The molecule has 3 nitrogen and oxygen atoms in total. The molecule has 1 aliphatic carbocycles. The van der Waals surface area contributed by atoms with Crippen LogP contribution in [-0.2, 0) is 9.84 Å². The van der Waals surface area contributed by atoms with Crippen LogP contribution in [0.1, 0.15) is 44.2 Å². The predicted molar refractivity (Wildman–Crippen MR) is 86.6 cm³/mol. The molecule has 0 spiro atoms. The maximum atomic E-state index is 11.7. The standard InChI is InChI=1S/C15H22BrNO2S/c1-11(12-6-8-13(16)9-7-12)17-14-4-3-5-15(10-14)20(2,18)19/h6-9,11,14-15,17H,3-5,10H2,1-2H3/t11-,14?,15?/m1/s1. The fraction of sp³-hybridized carbons (Fsp3) is 0.600. The largest absolute Gasteiger partial charge is 0.307 e. The summed E-state index contributed by atoms with van der Waals surface area (Å²) in [6.07, 6.45) is 4.96. The van der Waals surface area contributed by atoms with E-state index in [1.807, 2.05) is 12.1 Å². The molecule has 1 fully saturated rings. The van der Waals surface area contributed by atoms with Crippen LogP contribution in [0.3, 0.4) is 0 Å². The van der Waals surface area contributed by atoms with Crippen molar-refractivity contribution in [3.63, 3.8) is 0 Å². The van der Waals surface area contributed by atoms with Crippen molar-refractivity contribution in [3.05, 3.63) is 34.3 Å². The van der Waals surface area contributed by atoms with E-state index in [0.717, 1.165) is 30.2 Å². The van der Waals surface area contributed by atoms with Crippen molar-refractivity contribution < 1.29 is 8.42 Å². The number of halogens is 1. The molecule has 0 bridgehead atoms. The summed E-state index contributed by atoms with van der Waals surface area (Å²) in [5.74, 6) is 0. The SMILES string of the molecule is C[C@@H](NC1CCCC(S(C)(=O)=O)C1)c1ccc(Br)cc1. The lowest BCUT2D eigenvalue weighted by Crippen LogP contribution is -2.39. The van der Waals surface area contributed by atoms with Crippen LogP contribution in [0.25, 0.3) is 0 Å². The molecule has 0 saturated heterocycles. The summed E-state index contributed by atoms with van der Waals surface area (Å²) in [4.78, 5) is 0. The lowest BCUT2D eigenvalue weighted by molar-refractivity contribution is 0.346. The molecule has 1 N–H and O–H groups in total. The Labute approximate surface area is 130 Å². The average molecular weight is 360 g/mol. The van der Waals surface area contributed by atoms with Crippen LogP contribution >= 0.6 is 15.9 Å². The molecule has 1 aromatic carbocycles. The van der Waals surface area contributed by atoms with E-state index in [0.29, 0.717) is 6.04 Å². The second-order valence-corrected chi connectivity index (χ2v) is 9.00. The molecule has 1 aliphatic rings. The second kappa shape index (κ2) is 6.58. The Kier molecular flexibility index (Phi) is 5.26. The van der Waals surface area contributed by atoms with Gasteiger partial charge in [-0.05, 0) is 43.9 Å². The van der Waals surface area contributed by atoms with Gasteiger partial charge in [-0.3, -0.25) is 0 Å². The van der Waals surface area contributed by atoms with Crippen LogP contribution in [0, 0.1) is 0 Å². The Morgan fingerprint density at radius 3 is 2.50 bits per heavy atom. The van der Waals surface area contributed by atoms with Crippen molar-refractivity contribution in [3.8, 4) is 0 Å². The van der Waals surface area contributed by atoms with Crippen LogP contribution in [-0.4, -0.2) is 26.0 Å². The summed E-state index contributed by atoms with van der Waals surface area (Å²) in [5, 5.41) is 3.40. The first-order valence-corrected chi connectivity index (χ1v) is 9.81. The van der Waals surface area contributed by atoms with E-state index in [9.17, 15) is 8.42 Å². The van der Waals surface area contributed by atoms with Gasteiger partial charge in [-0.15, -0.1) is 0 Å². The highest BCUT2D eigenvalue weighted by molar-refractivity contribution is 9.10. The molecule has 2 unspecified atom stereocenters. The topological polar surface area (TPSA) is 46.2 Å². The van der Waals surface area contributed by atoms with Crippen LogP contribution in [0.15, 0.2) is 28.7 Å². The van der Waals surface area contributed by atoms with Crippen LogP contribution in [0.2, 0.25) is 0 Å².